The number of thioether (sulfide) groups is 1. The fourth-order valence-electron chi connectivity index (χ4n) is 2.39. The van der Waals surface area contributed by atoms with Gasteiger partial charge in [0.15, 0.2) is 11.8 Å². The summed E-state index contributed by atoms with van der Waals surface area (Å²) in [5.74, 6) is 0.325. The van der Waals surface area contributed by atoms with Crippen molar-refractivity contribution in [1.29, 1.82) is 0 Å². The van der Waals surface area contributed by atoms with Crippen LogP contribution < -0.4 is 15.6 Å². The van der Waals surface area contributed by atoms with Crippen LogP contribution in [-0.4, -0.2) is 33.2 Å². The molecule has 1 heterocycles. The SMILES string of the molecule is Cc1cc(OCC(=O)NNC(=O)c2ccc(CSc3nncn3C)cc2)ccc1Cl. The van der Waals surface area contributed by atoms with Crippen molar-refractivity contribution in [2.75, 3.05) is 6.61 Å². The van der Waals surface area contributed by atoms with E-state index in [-0.39, 0.29) is 6.61 Å². The van der Waals surface area contributed by atoms with Crippen LogP contribution >= 0.6 is 23.4 Å². The fraction of sp³-hybridized carbons (Fsp3) is 0.200. The average Bonchev–Trinajstić information content (AvgIpc) is 3.16. The molecule has 0 unspecified atom stereocenters. The van der Waals surface area contributed by atoms with Gasteiger partial charge in [-0.3, -0.25) is 20.4 Å². The Hall–Kier alpha value is -3.04. The van der Waals surface area contributed by atoms with E-state index in [0.29, 0.717) is 22.1 Å². The number of ether oxygens (including phenoxy) is 1. The summed E-state index contributed by atoms with van der Waals surface area (Å²) in [6.45, 7) is 1.61. The lowest BCUT2D eigenvalue weighted by Gasteiger charge is -2.10. The smallest absolute Gasteiger partial charge is 0.276 e. The van der Waals surface area contributed by atoms with Gasteiger partial charge in [0.25, 0.3) is 11.8 Å². The van der Waals surface area contributed by atoms with Gasteiger partial charge in [-0.05, 0) is 48.4 Å². The first-order valence-electron chi connectivity index (χ1n) is 8.96. The molecule has 0 bridgehead atoms. The highest BCUT2D eigenvalue weighted by Crippen LogP contribution is 2.21. The molecule has 156 valence electrons. The number of rotatable bonds is 7. The molecule has 0 spiro atoms. The first-order chi connectivity index (χ1) is 14.4. The van der Waals surface area contributed by atoms with E-state index in [0.717, 1.165) is 16.3 Å². The van der Waals surface area contributed by atoms with E-state index in [4.69, 9.17) is 16.3 Å². The minimum Gasteiger partial charge on any atom is -0.484 e. The molecule has 0 radical (unpaired) electrons. The van der Waals surface area contributed by atoms with Crippen LogP contribution in [0.15, 0.2) is 53.9 Å². The van der Waals surface area contributed by atoms with Crippen LogP contribution in [-0.2, 0) is 17.6 Å². The third kappa shape index (κ3) is 5.98. The zero-order chi connectivity index (χ0) is 21.5. The molecule has 10 heteroatoms. The minimum absolute atomic E-state index is 0.237. The highest BCUT2D eigenvalue weighted by Gasteiger charge is 2.09. The van der Waals surface area contributed by atoms with Gasteiger partial charge < -0.3 is 9.30 Å². The van der Waals surface area contributed by atoms with E-state index in [1.807, 2.05) is 30.7 Å². The number of carbonyl (C=O) groups is 2. The molecule has 0 fully saturated rings. The summed E-state index contributed by atoms with van der Waals surface area (Å²) in [6.07, 6.45) is 1.64. The minimum atomic E-state index is -0.479. The number of benzene rings is 2. The van der Waals surface area contributed by atoms with Crippen molar-refractivity contribution < 1.29 is 14.3 Å². The maximum atomic E-state index is 12.2. The van der Waals surface area contributed by atoms with Crippen molar-refractivity contribution >= 4 is 35.2 Å². The van der Waals surface area contributed by atoms with E-state index in [9.17, 15) is 9.59 Å². The van der Waals surface area contributed by atoms with E-state index in [1.54, 1.807) is 48.4 Å². The van der Waals surface area contributed by atoms with Gasteiger partial charge in [0.2, 0.25) is 0 Å². The molecule has 3 aromatic rings. The molecule has 1 aromatic heterocycles. The number of aryl methyl sites for hydroxylation is 2. The molecule has 0 saturated carbocycles. The summed E-state index contributed by atoms with van der Waals surface area (Å²) in [7, 11) is 1.88. The molecule has 8 nitrogen and oxygen atoms in total. The number of amides is 2. The Labute approximate surface area is 182 Å². The van der Waals surface area contributed by atoms with Gasteiger partial charge in [-0.2, -0.15) is 0 Å². The average molecular weight is 446 g/mol. The molecule has 3 rings (SSSR count). The van der Waals surface area contributed by atoms with Crippen LogP contribution in [0.3, 0.4) is 0 Å². The zero-order valence-electron chi connectivity index (χ0n) is 16.4. The summed E-state index contributed by atoms with van der Waals surface area (Å²) >= 11 is 7.50. The quantitative estimate of drug-likeness (QED) is 0.428. The molecule has 2 amide bonds. The lowest BCUT2D eigenvalue weighted by Crippen LogP contribution is -2.43. The van der Waals surface area contributed by atoms with Gasteiger partial charge in [-0.25, -0.2) is 0 Å². The van der Waals surface area contributed by atoms with Crippen molar-refractivity contribution in [3.05, 3.63) is 70.5 Å². The molecular weight excluding hydrogens is 426 g/mol. The lowest BCUT2D eigenvalue weighted by molar-refractivity contribution is -0.123. The highest BCUT2D eigenvalue weighted by atomic mass is 35.5. The van der Waals surface area contributed by atoms with E-state index < -0.39 is 11.8 Å². The molecule has 0 aliphatic rings. The molecule has 2 N–H and O–H groups in total. The Kier molecular flexibility index (Phi) is 7.31. The normalized spacial score (nSPS) is 10.5. The largest absolute Gasteiger partial charge is 0.484 e. The molecule has 2 aromatic carbocycles. The summed E-state index contributed by atoms with van der Waals surface area (Å²) in [6, 6.07) is 12.2. The van der Waals surface area contributed by atoms with Crippen molar-refractivity contribution in [3.63, 3.8) is 0 Å². The number of aromatic nitrogens is 3. The standard InChI is InChI=1S/C20H20ClN5O3S/c1-13-9-16(7-8-17(13)21)29-10-18(27)23-24-19(28)15-5-3-14(4-6-15)11-30-20-25-22-12-26(20)2/h3-9,12H,10-11H2,1-2H3,(H,23,27)(H,24,28). The predicted octanol–water partition coefficient (Wildman–Crippen LogP) is 2.91. The van der Waals surface area contributed by atoms with Gasteiger partial charge >= 0.3 is 0 Å². The van der Waals surface area contributed by atoms with Gasteiger partial charge in [0, 0.05) is 23.4 Å². The molecule has 0 saturated heterocycles. The first kappa shape index (κ1) is 21.7. The molecule has 0 atom stereocenters. The van der Waals surface area contributed by atoms with E-state index >= 15 is 0 Å². The Morgan fingerprint density at radius 3 is 2.60 bits per heavy atom. The number of hydrazine groups is 1. The number of halogens is 1. The Morgan fingerprint density at radius 2 is 1.93 bits per heavy atom. The fourth-order valence-corrected chi connectivity index (χ4v) is 3.36. The van der Waals surface area contributed by atoms with Crippen LogP contribution in [0.25, 0.3) is 0 Å². The van der Waals surface area contributed by atoms with E-state index in [2.05, 4.69) is 21.0 Å². The number of hydrogen-bond acceptors (Lipinski definition) is 6. The monoisotopic (exact) mass is 445 g/mol. The zero-order valence-corrected chi connectivity index (χ0v) is 18.0. The van der Waals surface area contributed by atoms with Crippen LogP contribution in [0.5, 0.6) is 5.75 Å². The Bertz CT molecular complexity index is 1040. The van der Waals surface area contributed by atoms with Crippen molar-refractivity contribution in [1.82, 2.24) is 25.6 Å². The maximum Gasteiger partial charge on any atom is 0.276 e. The lowest BCUT2D eigenvalue weighted by atomic mass is 10.1. The van der Waals surface area contributed by atoms with Gasteiger partial charge in [-0.1, -0.05) is 35.5 Å². The van der Waals surface area contributed by atoms with Gasteiger partial charge in [0.1, 0.15) is 12.1 Å². The second-order valence-corrected chi connectivity index (χ2v) is 7.76. The van der Waals surface area contributed by atoms with Gasteiger partial charge in [0.05, 0.1) is 0 Å². The number of hydrogen-bond donors (Lipinski definition) is 2. The summed E-state index contributed by atoms with van der Waals surface area (Å²) in [5, 5.41) is 9.29. The molecule has 0 aliphatic carbocycles. The van der Waals surface area contributed by atoms with Crippen LogP contribution in [0.4, 0.5) is 0 Å². The number of nitrogens with zero attached hydrogens (tertiary/aromatic N) is 3. The molecular formula is C20H20ClN5O3S. The highest BCUT2D eigenvalue weighted by molar-refractivity contribution is 7.98. The van der Waals surface area contributed by atoms with Gasteiger partial charge in [-0.15, -0.1) is 10.2 Å². The number of nitrogens with one attached hydrogen (secondary N) is 2. The van der Waals surface area contributed by atoms with Crippen molar-refractivity contribution in [2.24, 2.45) is 7.05 Å². The molecule has 0 aliphatic heterocycles. The van der Waals surface area contributed by atoms with E-state index in [1.165, 1.54) is 0 Å². The maximum absolute atomic E-state index is 12.2. The topological polar surface area (TPSA) is 98.1 Å². The van der Waals surface area contributed by atoms with Crippen LogP contribution in [0.1, 0.15) is 21.5 Å². The predicted molar refractivity (Wildman–Crippen MR) is 114 cm³/mol. The second kappa shape index (κ2) is 10.1. The van der Waals surface area contributed by atoms with Crippen molar-refractivity contribution in [3.8, 4) is 5.75 Å². The summed E-state index contributed by atoms with van der Waals surface area (Å²) < 4.78 is 7.23. The Morgan fingerprint density at radius 1 is 1.17 bits per heavy atom. The third-order valence-corrected chi connectivity index (χ3v) is 5.60. The Balaban J connectivity index is 1.43. The summed E-state index contributed by atoms with van der Waals surface area (Å²) in [4.78, 5) is 24.1. The second-order valence-electron chi connectivity index (χ2n) is 6.41. The first-order valence-corrected chi connectivity index (χ1v) is 10.3. The molecule has 30 heavy (non-hydrogen) atoms. The number of carbonyl (C=O) groups excluding carboxylic acids is 2. The third-order valence-electron chi connectivity index (χ3n) is 4.07. The van der Waals surface area contributed by atoms with Crippen LogP contribution in [0, 0.1) is 6.92 Å². The van der Waals surface area contributed by atoms with Crippen molar-refractivity contribution in [2.45, 2.75) is 17.8 Å². The van der Waals surface area contributed by atoms with Crippen LogP contribution in [0.2, 0.25) is 5.02 Å². The summed E-state index contributed by atoms with van der Waals surface area (Å²) in [5.41, 5.74) is 7.01.